The second kappa shape index (κ2) is 8.58. The highest BCUT2D eigenvalue weighted by Crippen LogP contribution is 2.45. The molecule has 31 heavy (non-hydrogen) atoms. The van der Waals surface area contributed by atoms with Gasteiger partial charge in [-0.2, -0.15) is 4.98 Å². The number of carbonyl (C=O) groups is 1. The molecule has 1 saturated heterocycles. The van der Waals surface area contributed by atoms with Gasteiger partial charge in [-0.3, -0.25) is 0 Å². The molecule has 168 valence electrons. The largest absolute Gasteiger partial charge is 0.449 e. The SMILES string of the molecule is CC1(COC(=O)N2CCC(OCc3noc(-c4ccc(S(C)(=O)=O)cc4)n3)CC2)CC1. The van der Waals surface area contributed by atoms with Gasteiger partial charge >= 0.3 is 6.09 Å². The summed E-state index contributed by atoms with van der Waals surface area (Å²) in [5.41, 5.74) is 0.828. The molecule has 2 fully saturated rings. The zero-order valence-corrected chi connectivity index (χ0v) is 18.6. The molecule has 10 heteroatoms. The highest BCUT2D eigenvalue weighted by molar-refractivity contribution is 7.90. The molecule has 1 aliphatic heterocycles. The van der Waals surface area contributed by atoms with Gasteiger partial charge in [0.05, 0.1) is 17.6 Å². The number of nitrogens with zero attached hydrogens (tertiary/aromatic N) is 3. The van der Waals surface area contributed by atoms with Crippen LogP contribution in [0.3, 0.4) is 0 Å². The average molecular weight is 450 g/mol. The Kier molecular flexibility index (Phi) is 6.02. The summed E-state index contributed by atoms with van der Waals surface area (Å²) >= 11 is 0. The monoisotopic (exact) mass is 449 g/mol. The number of aromatic nitrogens is 2. The van der Waals surface area contributed by atoms with Crippen LogP contribution in [0.1, 0.15) is 38.4 Å². The van der Waals surface area contributed by atoms with Gasteiger partial charge in [0.1, 0.15) is 6.61 Å². The van der Waals surface area contributed by atoms with Crippen molar-refractivity contribution in [1.82, 2.24) is 15.0 Å². The number of rotatable bonds is 7. The summed E-state index contributed by atoms with van der Waals surface area (Å²) in [6.45, 7) is 4.04. The first-order chi connectivity index (χ1) is 14.7. The summed E-state index contributed by atoms with van der Waals surface area (Å²) in [4.78, 5) is 18.5. The summed E-state index contributed by atoms with van der Waals surface area (Å²) in [7, 11) is -3.25. The van der Waals surface area contributed by atoms with Gasteiger partial charge in [-0.05, 0) is 49.9 Å². The van der Waals surface area contributed by atoms with Crippen molar-refractivity contribution in [2.75, 3.05) is 26.0 Å². The van der Waals surface area contributed by atoms with Gasteiger partial charge in [0.25, 0.3) is 5.89 Å². The molecule has 1 aromatic heterocycles. The predicted octanol–water partition coefficient (Wildman–Crippen LogP) is 3.06. The topological polar surface area (TPSA) is 112 Å². The second-order valence-electron chi connectivity index (χ2n) is 8.67. The van der Waals surface area contributed by atoms with Gasteiger partial charge in [0.15, 0.2) is 15.7 Å². The molecule has 1 amide bonds. The summed E-state index contributed by atoms with van der Waals surface area (Å²) in [5.74, 6) is 0.724. The van der Waals surface area contributed by atoms with E-state index in [0.717, 1.165) is 31.9 Å². The molecule has 0 bridgehead atoms. The van der Waals surface area contributed by atoms with Crippen molar-refractivity contribution in [3.8, 4) is 11.5 Å². The van der Waals surface area contributed by atoms with Crippen LogP contribution in [0, 0.1) is 5.41 Å². The van der Waals surface area contributed by atoms with Gasteiger partial charge in [-0.15, -0.1) is 0 Å². The fraction of sp³-hybridized carbons (Fsp3) is 0.571. The minimum atomic E-state index is -3.25. The Morgan fingerprint density at radius 3 is 2.52 bits per heavy atom. The van der Waals surface area contributed by atoms with Crippen molar-refractivity contribution in [3.05, 3.63) is 30.1 Å². The number of likely N-dealkylation sites (tertiary alicyclic amines) is 1. The van der Waals surface area contributed by atoms with E-state index in [-0.39, 0.29) is 29.1 Å². The van der Waals surface area contributed by atoms with Crippen molar-refractivity contribution in [3.63, 3.8) is 0 Å². The Hall–Kier alpha value is -2.46. The quantitative estimate of drug-likeness (QED) is 0.634. The van der Waals surface area contributed by atoms with Crippen LogP contribution in [0.15, 0.2) is 33.7 Å². The van der Waals surface area contributed by atoms with Crippen LogP contribution in [0.2, 0.25) is 0 Å². The van der Waals surface area contributed by atoms with Gasteiger partial charge in [-0.1, -0.05) is 12.1 Å². The maximum atomic E-state index is 12.2. The summed E-state index contributed by atoms with van der Waals surface area (Å²) in [5, 5.41) is 3.93. The first kappa shape index (κ1) is 21.8. The van der Waals surface area contributed by atoms with Crippen molar-refractivity contribution >= 4 is 15.9 Å². The molecule has 2 heterocycles. The van der Waals surface area contributed by atoms with Crippen LogP contribution in [-0.2, 0) is 25.9 Å². The number of hydrogen-bond acceptors (Lipinski definition) is 8. The molecule has 0 unspecified atom stereocenters. The number of sulfone groups is 1. The number of benzene rings is 1. The van der Waals surface area contributed by atoms with E-state index in [2.05, 4.69) is 17.1 Å². The maximum Gasteiger partial charge on any atom is 0.409 e. The van der Waals surface area contributed by atoms with E-state index in [1.165, 1.54) is 12.1 Å². The van der Waals surface area contributed by atoms with Crippen LogP contribution in [-0.4, -0.2) is 61.6 Å². The first-order valence-corrected chi connectivity index (χ1v) is 12.3. The minimum absolute atomic E-state index is 0.0148. The third-order valence-corrected chi connectivity index (χ3v) is 6.92. The zero-order chi connectivity index (χ0) is 22.1. The number of ether oxygens (including phenoxy) is 2. The van der Waals surface area contributed by atoms with E-state index in [1.54, 1.807) is 17.0 Å². The number of piperidine rings is 1. The molecule has 4 rings (SSSR count). The molecule has 9 nitrogen and oxygen atoms in total. The van der Waals surface area contributed by atoms with E-state index in [9.17, 15) is 13.2 Å². The third-order valence-electron chi connectivity index (χ3n) is 5.79. The fourth-order valence-electron chi connectivity index (χ4n) is 3.36. The molecule has 1 saturated carbocycles. The molecule has 1 aromatic carbocycles. The number of amides is 1. The normalized spacial score (nSPS) is 18.7. The molecular formula is C21H27N3O6S. The predicted molar refractivity (Wildman–Crippen MR) is 111 cm³/mol. The molecule has 0 spiro atoms. The lowest BCUT2D eigenvalue weighted by atomic mass is 10.1. The van der Waals surface area contributed by atoms with Crippen LogP contribution < -0.4 is 0 Å². The van der Waals surface area contributed by atoms with E-state index in [1.807, 2.05) is 0 Å². The lowest BCUT2D eigenvalue weighted by Crippen LogP contribution is -2.41. The molecule has 2 aromatic rings. The van der Waals surface area contributed by atoms with E-state index < -0.39 is 9.84 Å². The highest BCUT2D eigenvalue weighted by atomic mass is 32.2. The summed E-state index contributed by atoms with van der Waals surface area (Å²) in [6, 6.07) is 6.28. The summed E-state index contributed by atoms with van der Waals surface area (Å²) in [6.07, 6.45) is 4.64. The Morgan fingerprint density at radius 2 is 1.90 bits per heavy atom. The molecule has 2 aliphatic rings. The van der Waals surface area contributed by atoms with Crippen LogP contribution in [0.25, 0.3) is 11.5 Å². The fourth-order valence-corrected chi connectivity index (χ4v) is 3.99. The Balaban J connectivity index is 1.23. The van der Waals surface area contributed by atoms with E-state index >= 15 is 0 Å². The van der Waals surface area contributed by atoms with Crippen molar-refractivity contribution < 1.29 is 27.2 Å². The lowest BCUT2D eigenvalue weighted by molar-refractivity contribution is -0.00767. The van der Waals surface area contributed by atoms with Crippen LogP contribution in [0.4, 0.5) is 4.79 Å². The minimum Gasteiger partial charge on any atom is -0.449 e. The molecular weight excluding hydrogens is 422 g/mol. The average Bonchev–Trinajstić information content (AvgIpc) is 3.31. The van der Waals surface area contributed by atoms with Crippen molar-refractivity contribution in [2.24, 2.45) is 5.41 Å². The lowest BCUT2D eigenvalue weighted by Gasteiger charge is -2.31. The van der Waals surface area contributed by atoms with Crippen LogP contribution >= 0.6 is 0 Å². The standard InChI is InChI=1S/C21H27N3O6S/c1-21(9-10-21)14-29-20(25)24-11-7-16(8-12-24)28-13-18-22-19(30-23-18)15-3-5-17(6-4-15)31(2,26)27/h3-6,16H,7-14H2,1-2H3. The van der Waals surface area contributed by atoms with Gasteiger partial charge in [0, 0.05) is 30.3 Å². The molecule has 1 aliphatic carbocycles. The van der Waals surface area contributed by atoms with Crippen molar-refractivity contribution in [2.45, 2.75) is 50.2 Å². The third kappa shape index (κ3) is 5.62. The molecule has 0 atom stereocenters. The zero-order valence-electron chi connectivity index (χ0n) is 17.7. The highest BCUT2D eigenvalue weighted by Gasteiger charge is 2.39. The number of hydrogen-bond donors (Lipinski definition) is 0. The van der Waals surface area contributed by atoms with Crippen LogP contribution in [0.5, 0.6) is 0 Å². The smallest absolute Gasteiger partial charge is 0.409 e. The molecule has 0 N–H and O–H groups in total. The second-order valence-corrected chi connectivity index (χ2v) is 10.7. The van der Waals surface area contributed by atoms with Crippen molar-refractivity contribution in [1.29, 1.82) is 0 Å². The maximum absolute atomic E-state index is 12.2. The Morgan fingerprint density at radius 1 is 1.23 bits per heavy atom. The van der Waals surface area contributed by atoms with E-state index in [4.69, 9.17) is 14.0 Å². The van der Waals surface area contributed by atoms with Gasteiger partial charge in [-0.25, -0.2) is 13.2 Å². The summed E-state index contributed by atoms with van der Waals surface area (Å²) < 4.78 is 39.7. The van der Waals surface area contributed by atoms with E-state index in [0.29, 0.717) is 37.0 Å². The molecule has 0 radical (unpaired) electrons. The Bertz CT molecular complexity index is 1020. The first-order valence-electron chi connectivity index (χ1n) is 10.4. The van der Waals surface area contributed by atoms with Gasteiger partial charge < -0.3 is 18.9 Å². The Labute approximate surface area is 181 Å². The number of carbonyl (C=O) groups excluding carboxylic acids is 1. The van der Waals surface area contributed by atoms with Gasteiger partial charge in [0.2, 0.25) is 0 Å².